The van der Waals surface area contributed by atoms with Gasteiger partial charge in [0.25, 0.3) is 0 Å². The maximum Gasteiger partial charge on any atom is 0.435 e. The quantitative estimate of drug-likeness (QED) is 0.814. The molecule has 0 radical (unpaired) electrons. The molecule has 2 fully saturated rings. The van der Waals surface area contributed by atoms with Gasteiger partial charge in [0, 0.05) is 31.4 Å². The lowest BCUT2D eigenvalue weighted by molar-refractivity contribution is -0.141. The van der Waals surface area contributed by atoms with Crippen molar-refractivity contribution in [1.29, 1.82) is 0 Å². The summed E-state index contributed by atoms with van der Waals surface area (Å²) >= 11 is 0. The van der Waals surface area contributed by atoms with Crippen LogP contribution in [0.3, 0.4) is 0 Å². The topological polar surface area (TPSA) is 79.3 Å². The lowest BCUT2D eigenvalue weighted by Crippen LogP contribution is -2.51. The first kappa shape index (κ1) is 20.5. The third-order valence-corrected chi connectivity index (χ3v) is 5.32. The van der Waals surface area contributed by atoms with Crippen molar-refractivity contribution in [2.24, 2.45) is 0 Å². The fraction of sp³-hybridized carbons (Fsp3) is 0.722. The molecular weight excluding hydrogens is 375 g/mol. The highest BCUT2D eigenvalue weighted by Gasteiger charge is 2.33. The molecule has 156 valence electrons. The Kier molecular flexibility index (Phi) is 6.46. The monoisotopic (exact) mass is 401 g/mol. The van der Waals surface area contributed by atoms with Crippen LogP contribution in [0.25, 0.3) is 0 Å². The number of carbonyl (C=O) groups excluding carboxylic acids is 2. The summed E-state index contributed by atoms with van der Waals surface area (Å²) in [4.78, 5) is 26.2. The minimum atomic E-state index is -4.52. The van der Waals surface area contributed by atoms with E-state index in [-0.39, 0.29) is 30.6 Å². The smallest absolute Gasteiger partial charge is 0.352 e. The fourth-order valence-electron chi connectivity index (χ4n) is 3.76. The van der Waals surface area contributed by atoms with Gasteiger partial charge in [-0.05, 0) is 31.7 Å². The Hall–Kier alpha value is -2.26. The van der Waals surface area contributed by atoms with Gasteiger partial charge in [-0.3, -0.25) is 9.48 Å². The van der Waals surface area contributed by atoms with Gasteiger partial charge in [0.05, 0.1) is 0 Å². The Balaban J connectivity index is 1.39. The van der Waals surface area contributed by atoms with Gasteiger partial charge in [0.15, 0.2) is 5.69 Å². The molecule has 1 aliphatic carbocycles. The molecule has 2 N–H and O–H groups in total. The van der Waals surface area contributed by atoms with Gasteiger partial charge in [-0.15, -0.1) is 0 Å². The first-order valence-corrected chi connectivity index (χ1v) is 9.77. The van der Waals surface area contributed by atoms with Gasteiger partial charge < -0.3 is 15.5 Å². The van der Waals surface area contributed by atoms with Crippen LogP contribution in [0.2, 0.25) is 0 Å². The molecule has 0 atom stereocenters. The van der Waals surface area contributed by atoms with Crippen LogP contribution in [-0.2, 0) is 17.5 Å². The Bertz CT molecular complexity index is 677. The van der Waals surface area contributed by atoms with Crippen LogP contribution in [0.4, 0.5) is 18.0 Å². The first-order valence-electron chi connectivity index (χ1n) is 9.77. The molecule has 0 aromatic carbocycles. The van der Waals surface area contributed by atoms with E-state index in [0.29, 0.717) is 25.9 Å². The SMILES string of the molecule is O=C(Cn1ccc(C(F)(F)F)n1)NC1CCN(C(=O)NC2CCCCC2)CC1. The van der Waals surface area contributed by atoms with Crippen molar-refractivity contribution < 1.29 is 22.8 Å². The Morgan fingerprint density at radius 1 is 1.04 bits per heavy atom. The highest BCUT2D eigenvalue weighted by atomic mass is 19.4. The molecule has 1 aromatic heterocycles. The second-order valence-electron chi connectivity index (χ2n) is 7.51. The molecule has 2 heterocycles. The predicted molar refractivity (Wildman–Crippen MR) is 95.4 cm³/mol. The van der Waals surface area contributed by atoms with Crippen molar-refractivity contribution in [2.45, 2.75) is 69.8 Å². The van der Waals surface area contributed by atoms with E-state index in [1.807, 2.05) is 0 Å². The number of rotatable bonds is 4. The van der Waals surface area contributed by atoms with Gasteiger partial charge in [-0.1, -0.05) is 19.3 Å². The number of aromatic nitrogens is 2. The standard InChI is InChI=1S/C18H26F3N5O2/c19-18(20,21)15-8-11-26(24-15)12-16(27)22-14-6-9-25(10-7-14)17(28)23-13-4-2-1-3-5-13/h8,11,13-14H,1-7,9-10,12H2,(H,22,27)(H,23,28). The average molecular weight is 401 g/mol. The average Bonchev–Trinajstić information content (AvgIpc) is 3.12. The van der Waals surface area contributed by atoms with Crippen LogP contribution >= 0.6 is 0 Å². The molecule has 3 rings (SSSR count). The van der Waals surface area contributed by atoms with E-state index in [1.54, 1.807) is 4.90 Å². The third kappa shape index (κ3) is 5.62. The number of hydrogen-bond donors (Lipinski definition) is 2. The largest absolute Gasteiger partial charge is 0.435 e. The minimum Gasteiger partial charge on any atom is -0.352 e. The maximum atomic E-state index is 12.5. The van der Waals surface area contributed by atoms with Crippen LogP contribution in [0.15, 0.2) is 12.3 Å². The first-order chi connectivity index (χ1) is 13.3. The molecule has 0 bridgehead atoms. The summed E-state index contributed by atoms with van der Waals surface area (Å²) in [6.45, 7) is 0.825. The highest BCUT2D eigenvalue weighted by Crippen LogP contribution is 2.27. The summed E-state index contributed by atoms with van der Waals surface area (Å²) in [5.74, 6) is -0.387. The van der Waals surface area contributed by atoms with E-state index < -0.39 is 11.9 Å². The molecular formula is C18H26F3N5O2. The molecule has 1 saturated carbocycles. The highest BCUT2D eigenvalue weighted by molar-refractivity contribution is 5.76. The molecule has 0 unspecified atom stereocenters. The molecule has 28 heavy (non-hydrogen) atoms. The van der Waals surface area contributed by atoms with E-state index in [0.717, 1.165) is 42.6 Å². The number of halogens is 3. The molecule has 2 aliphatic rings. The van der Waals surface area contributed by atoms with E-state index >= 15 is 0 Å². The molecule has 0 spiro atoms. The van der Waals surface area contributed by atoms with Crippen LogP contribution in [0.1, 0.15) is 50.6 Å². The van der Waals surface area contributed by atoms with Crippen molar-refractivity contribution in [3.05, 3.63) is 18.0 Å². The van der Waals surface area contributed by atoms with Crippen molar-refractivity contribution in [3.63, 3.8) is 0 Å². The molecule has 3 amide bonds. The van der Waals surface area contributed by atoms with E-state index in [1.165, 1.54) is 6.42 Å². The van der Waals surface area contributed by atoms with Gasteiger partial charge >= 0.3 is 12.2 Å². The summed E-state index contributed by atoms with van der Waals surface area (Å²) in [6.07, 6.45) is 3.46. The number of piperidine rings is 1. The van der Waals surface area contributed by atoms with Gasteiger partial charge in [0.2, 0.25) is 5.91 Å². The molecule has 1 aliphatic heterocycles. The third-order valence-electron chi connectivity index (χ3n) is 5.32. The van der Waals surface area contributed by atoms with Crippen LogP contribution < -0.4 is 10.6 Å². The number of carbonyl (C=O) groups is 2. The molecule has 1 aromatic rings. The van der Waals surface area contributed by atoms with Crippen LogP contribution in [0.5, 0.6) is 0 Å². The summed E-state index contributed by atoms with van der Waals surface area (Å²) in [5.41, 5.74) is -1.02. The van der Waals surface area contributed by atoms with Crippen molar-refractivity contribution in [1.82, 2.24) is 25.3 Å². The summed E-state index contributed by atoms with van der Waals surface area (Å²) in [6, 6.07) is 0.961. The Morgan fingerprint density at radius 3 is 2.29 bits per heavy atom. The van der Waals surface area contributed by atoms with Crippen molar-refractivity contribution >= 4 is 11.9 Å². The fourth-order valence-corrected chi connectivity index (χ4v) is 3.76. The lowest BCUT2D eigenvalue weighted by atomic mass is 9.95. The van der Waals surface area contributed by atoms with Gasteiger partial charge in [0.1, 0.15) is 6.54 Å². The van der Waals surface area contributed by atoms with E-state index in [4.69, 9.17) is 0 Å². The zero-order chi connectivity index (χ0) is 20.1. The second kappa shape index (κ2) is 8.83. The van der Waals surface area contributed by atoms with E-state index in [9.17, 15) is 22.8 Å². The second-order valence-corrected chi connectivity index (χ2v) is 7.51. The lowest BCUT2D eigenvalue weighted by Gasteiger charge is -2.34. The Labute approximate surface area is 161 Å². The molecule has 1 saturated heterocycles. The maximum absolute atomic E-state index is 12.5. The number of likely N-dealkylation sites (tertiary alicyclic amines) is 1. The summed E-state index contributed by atoms with van der Waals surface area (Å²) < 4.78 is 38.6. The van der Waals surface area contributed by atoms with Gasteiger partial charge in [-0.25, -0.2) is 4.79 Å². The number of hydrogen-bond acceptors (Lipinski definition) is 3. The van der Waals surface area contributed by atoms with Crippen LogP contribution in [-0.4, -0.2) is 51.8 Å². The van der Waals surface area contributed by atoms with Crippen LogP contribution in [0, 0.1) is 0 Å². The van der Waals surface area contributed by atoms with Crippen molar-refractivity contribution in [2.75, 3.05) is 13.1 Å². The number of alkyl halides is 3. The predicted octanol–water partition coefficient (Wildman–Crippen LogP) is 2.52. The zero-order valence-corrected chi connectivity index (χ0v) is 15.7. The molecule has 7 nitrogen and oxygen atoms in total. The minimum absolute atomic E-state index is 0.0482. The summed E-state index contributed by atoms with van der Waals surface area (Å²) in [7, 11) is 0. The van der Waals surface area contributed by atoms with Crippen molar-refractivity contribution in [3.8, 4) is 0 Å². The normalized spacial score (nSPS) is 19.5. The zero-order valence-electron chi connectivity index (χ0n) is 15.7. The number of nitrogens with zero attached hydrogens (tertiary/aromatic N) is 3. The molecule has 10 heteroatoms. The number of amides is 3. The number of nitrogens with one attached hydrogen (secondary N) is 2. The van der Waals surface area contributed by atoms with E-state index in [2.05, 4.69) is 15.7 Å². The number of urea groups is 1. The van der Waals surface area contributed by atoms with Gasteiger partial charge in [-0.2, -0.15) is 18.3 Å². The summed E-state index contributed by atoms with van der Waals surface area (Å²) in [5, 5.41) is 9.28. The Morgan fingerprint density at radius 2 is 1.68 bits per heavy atom.